The van der Waals surface area contributed by atoms with Crippen LogP contribution in [-0.4, -0.2) is 64.3 Å². The average molecular weight is 478 g/mol. The molecule has 3 fully saturated rings. The van der Waals surface area contributed by atoms with Crippen molar-refractivity contribution in [3.8, 4) is 11.3 Å². The molecule has 0 spiro atoms. The van der Waals surface area contributed by atoms with Crippen LogP contribution in [0.1, 0.15) is 54.7 Å². The van der Waals surface area contributed by atoms with E-state index in [2.05, 4.69) is 24.9 Å². The number of hydrogen-bond acceptors (Lipinski definition) is 8. The standard InChI is InChI=1S/C26H31N5O4/c32-25(20-3-1-19(2-4-20)23-16-27-17-34-23)31(21-5-6-21)22-7-11-30(12-8-22)26-28-24(29-35-26)15-18-9-13-33-14-10-18/h1-4,16-18,21-22H,5-15H2. The zero-order chi connectivity index (χ0) is 23.6. The molecule has 2 aromatic heterocycles. The summed E-state index contributed by atoms with van der Waals surface area (Å²) in [5.74, 6) is 2.18. The predicted molar refractivity (Wildman–Crippen MR) is 128 cm³/mol. The van der Waals surface area contributed by atoms with E-state index in [4.69, 9.17) is 13.7 Å². The van der Waals surface area contributed by atoms with Crippen molar-refractivity contribution in [2.24, 2.45) is 5.92 Å². The summed E-state index contributed by atoms with van der Waals surface area (Å²) in [5, 5.41) is 4.23. The number of anilines is 1. The monoisotopic (exact) mass is 477 g/mol. The molecule has 2 aliphatic heterocycles. The summed E-state index contributed by atoms with van der Waals surface area (Å²) in [5.41, 5.74) is 1.64. The fraction of sp³-hybridized carbons (Fsp3) is 0.538. The molecule has 1 aliphatic carbocycles. The van der Waals surface area contributed by atoms with Crippen LogP contribution in [0.4, 0.5) is 6.01 Å². The molecule has 184 valence electrons. The van der Waals surface area contributed by atoms with Crippen LogP contribution in [0.2, 0.25) is 0 Å². The number of rotatable bonds is 7. The van der Waals surface area contributed by atoms with E-state index in [1.54, 1.807) is 6.20 Å². The molecular weight excluding hydrogens is 446 g/mol. The topological polar surface area (TPSA) is 97.7 Å². The fourth-order valence-corrected chi connectivity index (χ4v) is 5.27. The third-order valence-corrected chi connectivity index (χ3v) is 7.42. The van der Waals surface area contributed by atoms with Gasteiger partial charge in [-0.05, 0) is 56.6 Å². The summed E-state index contributed by atoms with van der Waals surface area (Å²) in [6, 6.07) is 8.82. The Hall–Kier alpha value is -3.20. The van der Waals surface area contributed by atoms with Gasteiger partial charge in [-0.15, -0.1) is 0 Å². The molecule has 3 aliphatic rings. The molecule has 0 radical (unpaired) electrons. The third kappa shape index (κ3) is 4.96. The summed E-state index contributed by atoms with van der Waals surface area (Å²) in [4.78, 5) is 26.4. The van der Waals surface area contributed by atoms with Crippen molar-refractivity contribution in [3.63, 3.8) is 0 Å². The number of carbonyl (C=O) groups is 1. The number of piperidine rings is 1. The summed E-state index contributed by atoms with van der Waals surface area (Å²) in [6.07, 6.45) is 10.0. The van der Waals surface area contributed by atoms with E-state index in [1.807, 2.05) is 24.3 Å². The Kier molecular flexibility index (Phi) is 6.24. The lowest BCUT2D eigenvalue weighted by Gasteiger charge is -2.38. The van der Waals surface area contributed by atoms with Gasteiger partial charge in [0.05, 0.1) is 6.20 Å². The first kappa shape index (κ1) is 22.3. The van der Waals surface area contributed by atoms with E-state index in [-0.39, 0.29) is 11.9 Å². The first-order chi connectivity index (χ1) is 17.2. The van der Waals surface area contributed by atoms with E-state index in [9.17, 15) is 4.79 Å². The van der Waals surface area contributed by atoms with Crippen LogP contribution in [0, 0.1) is 5.92 Å². The molecular formula is C26H31N5O4. The lowest BCUT2D eigenvalue weighted by atomic mass is 9.96. The van der Waals surface area contributed by atoms with Crippen LogP contribution in [0.3, 0.4) is 0 Å². The van der Waals surface area contributed by atoms with Crippen LogP contribution in [0.5, 0.6) is 0 Å². The molecule has 2 saturated heterocycles. The second kappa shape index (κ2) is 9.81. The number of oxazole rings is 1. The number of ether oxygens (including phenoxy) is 1. The maximum Gasteiger partial charge on any atom is 0.324 e. The Bertz CT molecular complexity index is 1110. The first-order valence-corrected chi connectivity index (χ1v) is 12.7. The second-order valence-corrected chi connectivity index (χ2v) is 9.86. The van der Waals surface area contributed by atoms with Crippen LogP contribution >= 0.6 is 0 Å². The van der Waals surface area contributed by atoms with Crippen LogP contribution < -0.4 is 4.90 Å². The average Bonchev–Trinajstić information content (AvgIpc) is 3.37. The van der Waals surface area contributed by atoms with E-state index in [0.717, 1.165) is 88.2 Å². The van der Waals surface area contributed by atoms with Gasteiger partial charge in [0.25, 0.3) is 5.91 Å². The summed E-state index contributed by atoms with van der Waals surface area (Å²) in [6.45, 7) is 3.27. The Morgan fingerprint density at radius 2 is 1.74 bits per heavy atom. The van der Waals surface area contributed by atoms with Gasteiger partial charge in [-0.25, -0.2) is 4.98 Å². The molecule has 3 aromatic rings. The number of amides is 1. The summed E-state index contributed by atoms with van der Waals surface area (Å²) < 4.78 is 16.4. The van der Waals surface area contributed by atoms with Crippen molar-refractivity contribution in [1.29, 1.82) is 0 Å². The van der Waals surface area contributed by atoms with Crippen molar-refractivity contribution < 1.29 is 18.5 Å². The van der Waals surface area contributed by atoms with Crippen molar-refractivity contribution in [3.05, 3.63) is 48.2 Å². The van der Waals surface area contributed by atoms with Crippen molar-refractivity contribution in [1.82, 2.24) is 20.0 Å². The van der Waals surface area contributed by atoms with Crippen molar-refractivity contribution >= 4 is 11.9 Å². The van der Waals surface area contributed by atoms with Crippen LogP contribution in [0.25, 0.3) is 11.3 Å². The SMILES string of the molecule is O=C(c1ccc(-c2cnco2)cc1)N(C1CC1)C1CCN(c2nc(CC3CCOCC3)no2)CC1. The molecule has 9 heteroatoms. The maximum atomic E-state index is 13.5. The molecule has 1 aromatic carbocycles. The van der Waals surface area contributed by atoms with Gasteiger partial charge < -0.3 is 23.5 Å². The maximum absolute atomic E-state index is 13.5. The summed E-state index contributed by atoms with van der Waals surface area (Å²) >= 11 is 0. The molecule has 0 atom stereocenters. The van der Waals surface area contributed by atoms with Crippen LogP contribution in [-0.2, 0) is 11.2 Å². The van der Waals surface area contributed by atoms with E-state index in [1.165, 1.54) is 6.39 Å². The lowest BCUT2D eigenvalue weighted by molar-refractivity contribution is 0.0629. The Labute approximate surface area is 204 Å². The van der Waals surface area contributed by atoms with E-state index in [0.29, 0.717) is 23.7 Å². The second-order valence-electron chi connectivity index (χ2n) is 9.86. The summed E-state index contributed by atoms with van der Waals surface area (Å²) in [7, 11) is 0. The predicted octanol–water partition coefficient (Wildman–Crippen LogP) is 3.97. The highest BCUT2D eigenvalue weighted by Gasteiger charge is 2.39. The molecule has 6 rings (SSSR count). The molecule has 35 heavy (non-hydrogen) atoms. The zero-order valence-corrected chi connectivity index (χ0v) is 19.8. The molecule has 4 heterocycles. The van der Waals surface area contributed by atoms with Gasteiger partial charge in [-0.2, -0.15) is 4.98 Å². The minimum Gasteiger partial charge on any atom is -0.444 e. The van der Waals surface area contributed by atoms with Crippen molar-refractivity contribution in [2.45, 2.75) is 57.0 Å². The minimum atomic E-state index is 0.117. The highest BCUT2D eigenvalue weighted by Crippen LogP contribution is 2.34. The number of benzene rings is 1. The number of hydrogen-bond donors (Lipinski definition) is 0. The van der Waals surface area contributed by atoms with E-state index < -0.39 is 0 Å². The highest BCUT2D eigenvalue weighted by atomic mass is 16.5. The highest BCUT2D eigenvalue weighted by molar-refractivity contribution is 5.95. The van der Waals surface area contributed by atoms with Gasteiger partial charge in [0.15, 0.2) is 18.0 Å². The quantitative estimate of drug-likeness (QED) is 0.504. The Morgan fingerprint density at radius 1 is 1.00 bits per heavy atom. The van der Waals surface area contributed by atoms with E-state index >= 15 is 0 Å². The largest absolute Gasteiger partial charge is 0.444 e. The Morgan fingerprint density at radius 3 is 2.43 bits per heavy atom. The molecule has 9 nitrogen and oxygen atoms in total. The fourth-order valence-electron chi connectivity index (χ4n) is 5.27. The Balaban J connectivity index is 1.08. The third-order valence-electron chi connectivity index (χ3n) is 7.42. The molecule has 1 amide bonds. The first-order valence-electron chi connectivity index (χ1n) is 12.7. The molecule has 0 unspecified atom stereocenters. The minimum absolute atomic E-state index is 0.117. The normalized spacial score (nSPS) is 19.7. The van der Waals surface area contributed by atoms with Crippen molar-refractivity contribution in [2.75, 3.05) is 31.2 Å². The molecule has 1 saturated carbocycles. The van der Waals surface area contributed by atoms with Gasteiger partial charge in [-0.3, -0.25) is 4.79 Å². The van der Waals surface area contributed by atoms with Gasteiger partial charge in [0.2, 0.25) is 0 Å². The number of nitrogens with zero attached hydrogens (tertiary/aromatic N) is 5. The smallest absolute Gasteiger partial charge is 0.324 e. The number of carbonyl (C=O) groups excluding carboxylic acids is 1. The molecule has 0 bridgehead atoms. The van der Waals surface area contributed by atoms with Gasteiger partial charge in [-0.1, -0.05) is 17.3 Å². The lowest BCUT2D eigenvalue weighted by Crippen LogP contribution is -2.48. The number of aromatic nitrogens is 3. The zero-order valence-electron chi connectivity index (χ0n) is 19.8. The molecule has 0 N–H and O–H groups in total. The van der Waals surface area contributed by atoms with Crippen LogP contribution in [0.15, 0.2) is 45.8 Å². The van der Waals surface area contributed by atoms with Gasteiger partial charge >= 0.3 is 6.01 Å². The van der Waals surface area contributed by atoms with Gasteiger partial charge in [0.1, 0.15) is 0 Å². The van der Waals surface area contributed by atoms with Gasteiger partial charge in [0, 0.05) is 55.9 Å².